The van der Waals surface area contributed by atoms with Gasteiger partial charge in [0.1, 0.15) is 0 Å². The summed E-state index contributed by atoms with van der Waals surface area (Å²) in [5.74, 6) is -0.256. The lowest BCUT2D eigenvalue weighted by molar-refractivity contribution is 0.0676. The Labute approximate surface area is 139 Å². The van der Waals surface area contributed by atoms with Crippen molar-refractivity contribution in [2.75, 3.05) is 13.7 Å². The van der Waals surface area contributed by atoms with Gasteiger partial charge in [0, 0.05) is 17.8 Å². The van der Waals surface area contributed by atoms with E-state index in [-0.39, 0.29) is 18.6 Å². The molecule has 0 fully saturated rings. The number of aryl methyl sites for hydroxylation is 1. The average molecular weight is 342 g/mol. The van der Waals surface area contributed by atoms with Gasteiger partial charge in [-0.1, -0.05) is 23.2 Å². The zero-order valence-electron chi connectivity index (χ0n) is 12.5. The first-order chi connectivity index (χ1) is 10.3. The number of aliphatic hydroxyl groups is 1. The Morgan fingerprint density at radius 2 is 2.09 bits per heavy atom. The third-order valence-electron chi connectivity index (χ3n) is 3.49. The Morgan fingerprint density at radius 1 is 1.41 bits per heavy atom. The molecule has 1 atom stereocenters. The van der Waals surface area contributed by atoms with Crippen molar-refractivity contribution >= 4 is 29.1 Å². The highest BCUT2D eigenvalue weighted by atomic mass is 35.5. The molecule has 7 heteroatoms. The molecular weight excluding hydrogens is 325 g/mol. The lowest BCUT2D eigenvalue weighted by Crippen LogP contribution is -2.37. The minimum atomic E-state index is -0.280. The van der Waals surface area contributed by atoms with Gasteiger partial charge in [-0.3, -0.25) is 4.79 Å². The summed E-state index contributed by atoms with van der Waals surface area (Å²) in [4.78, 5) is 13.8. The summed E-state index contributed by atoms with van der Waals surface area (Å²) in [5, 5.41) is 14.5. The fourth-order valence-electron chi connectivity index (χ4n) is 1.98. The minimum Gasteiger partial charge on any atom is -0.394 e. The van der Waals surface area contributed by atoms with Gasteiger partial charge in [-0.15, -0.1) is 0 Å². The van der Waals surface area contributed by atoms with Gasteiger partial charge in [-0.2, -0.15) is 5.10 Å². The molecule has 2 aromatic rings. The molecule has 118 valence electrons. The molecule has 0 saturated heterocycles. The SMILES string of the molecule is Cc1cc(C(=O)N(C)C(C)CO)nn1-c1ccc(Cl)cc1Cl. The Morgan fingerprint density at radius 3 is 2.68 bits per heavy atom. The molecule has 0 spiro atoms. The Kier molecular flexibility index (Phi) is 5.11. The van der Waals surface area contributed by atoms with Crippen molar-refractivity contribution in [1.82, 2.24) is 14.7 Å². The van der Waals surface area contributed by atoms with E-state index in [1.54, 1.807) is 42.9 Å². The number of likely N-dealkylation sites (N-methyl/N-ethyl adjacent to an activating group) is 1. The van der Waals surface area contributed by atoms with E-state index in [1.165, 1.54) is 4.90 Å². The third kappa shape index (κ3) is 3.27. The highest BCUT2D eigenvalue weighted by Crippen LogP contribution is 2.25. The van der Waals surface area contributed by atoms with Gasteiger partial charge in [0.25, 0.3) is 5.91 Å². The number of aromatic nitrogens is 2. The summed E-state index contributed by atoms with van der Waals surface area (Å²) in [6.45, 7) is 3.49. The molecule has 2 rings (SSSR count). The van der Waals surface area contributed by atoms with E-state index in [0.717, 1.165) is 5.69 Å². The molecule has 0 bridgehead atoms. The molecule has 0 aliphatic heterocycles. The van der Waals surface area contributed by atoms with Crippen LogP contribution in [-0.2, 0) is 0 Å². The number of halogens is 2. The fourth-order valence-corrected chi connectivity index (χ4v) is 2.47. The summed E-state index contributed by atoms with van der Waals surface area (Å²) in [7, 11) is 1.63. The predicted molar refractivity (Wildman–Crippen MR) is 87.0 cm³/mol. The Balaban J connectivity index is 2.38. The summed E-state index contributed by atoms with van der Waals surface area (Å²) >= 11 is 12.1. The van der Waals surface area contributed by atoms with Crippen LogP contribution in [0.1, 0.15) is 23.1 Å². The van der Waals surface area contributed by atoms with Crippen molar-refractivity contribution in [3.63, 3.8) is 0 Å². The second kappa shape index (κ2) is 6.69. The summed E-state index contributed by atoms with van der Waals surface area (Å²) in [5.41, 5.74) is 1.73. The zero-order valence-corrected chi connectivity index (χ0v) is 14.1. The molecule has 1 aromatic heterocycles. The molecule has 1 N–H and O–H groups in total. The fraction of sp³-hybridized carbons (Fsp3) is 0.333. The van der Waals surface area contributed by atoms with Gasteiger partial charge in [0.15, 0.2) is 5.69 Å². The van der Waals surface area contributed by atoms with Gasteiger partial charge in [0.2, 0.25) is 0 Å². The van der Waals surface area contributed by atoms with Crippen molar-refractivity contribution in [2.24, 2.45) is 0 Å². The highest BCUT2D eigenvalue weighted by Gasteiger charge is 2.21. The van der Waals surface area contributed by atoms with E-state index in [9.17, 15) is 4.79 Å². The molecule has 1 unspecified atom stereocenters. The van der Waals surface area contributed by atoms with Crippen LogP contribution >= 0.6 is 23.2 Å². The van der Waals surface area contributed by atoms with Crippen LogP contribution in [0.4, 0.5) is 0 Å². The van der Waals surface area contributed by atoms with Gasteiger partial charge in [-0.25, -0.2) is 4.68 Å². The van der Waals surface area contributed by atoms with Gasteiger partial charge in [-0.05, 0) is 38.1 Å². The zero-order chi connectivity index (χ0) is 16.4. The second-order valence-corrected chi connectivity index (χ2v) is 5.97. The molecule has 1 amide bonds. The van der Waals surface area contributed by atoms with Crippen LogP contribution < -0.4 is 0 Å². The summed E-state index contributed by atoms with van der Waals surface area (Å²) < 4.78 is 1.60. The van der Waals surface area contributed by atoms with Crippen molar-refractivity contribution in [2.45, 2.75) is 19.9 Å². The standard InChI is InChI=1S/C15H17Cl2N3O2/c1-9-6-13(15(22)19(3)10(2)8-21)18-20(9)14-5-4-11(16)7-12(14)17/h4-7,10,21H,8H2,1-3H3. The molecule has 0 saturated carbocycles. The minimum absolute atomic E-state index is 0.106. The molecule has 5 nitrogen and oxygen atoms in total. The highest BCUT2D eigenvalue weighted by molar-refractivity contribution is 6.35. The van der Waals surface area contributed by atoms with Crippen LogP contribution in [0.2, 0.25) is 10.0 Å². The van der Waals surface area contributed by atoms with Gasteiger partial charge in [0.05, 0.1) is 23.4 Å². The number of aliphatic hydroxyl groups excluding tert-OH is 1. The van der Waals surface area contributed by atoms with E-state index in [4.69, 9.17) is 28.3 Å². The van der Waals surface area contributed by atoms with Crippen molar-refractivity contribution < 1.29 is 9.90 Å². The lowest BCUT2D eigenvalue weighted by atomic mass is 10.2. The van der Waals surface area contributed by atoms with Crippen LogP contribution in [-0.4, -0.2) is 45.4 Å². The molecular formula is C15H17Cl2N3O2. The van der Waals surface area contributed by atoms with Crippen LogP contribution in [0, 0.1) is 6.92 Å². The first-order valence-electron chi connectivity index (χ1n) is 6.75. The Hall–Kier alpha value is -1.56. The van der Waals surface area contributed by atoms with Crippen LogP contribution in [0.5, 0.6) is 0 Å². The average Bonchev–Trinajstić information content (AvgIpc) is 2.86. The van der Waals surface area contributed by atoms with E-state index >= 15 is 0 Å². The number of carbonyl (C=O) groups excluding carboxylic acids is 1. The van der Waals surface area contributed by atoms with E-state index in [1.807, 2.05) is 6.92 Å². The van der Waals surface area contributed by atoms with Gasteiger partial charge < -0.3 is 10.0 Å². The number of amides is 1. The van der Waals surface area contributed by atoms with E-state index in [2.05, 4.69) is 5.10 Å². The van der Waals surface area contributed by atoms with Crippen LogP contribution in [0.15, 0.2) is 24.3 Å². The molecule has 22 heavy (non-hydrogen) atoms. The van der Waals surface area contributed by atoms with Gasteiger partial charge >= 0.3 is 0 Å². The predicted octanol–water partition coefficient (Wildman–Crippen LogP) is 2.94. The monoisotopic (exact) mass is 341 g/mol. The Bertz CT molecular complexity index is 700. The molecule has 0 aliphatic rings. The largest absolute Gasteiger partial charge is 0.394 e. The summed E-state index contributed by atoms with van der Waals surface area (Å²) in [6.07, 6.45) is 0. The quantitative estimate of drug-likeness (QED) is 0.929. The maximum absolute atomic E-state index is 12.4. The molecule has 0 radical (unpaired) electrons. The second-order valence-electron chi connectivity index (χ2n) is 5.13. The van der Waals surface area contributed by atoms with Crippen molar-refractivity contribution in [3.05, 3.63) is 45.7 Å². The van der Waals surface area contributed by atoms with Crippen molar-refractivity contribution in [3.8, 4) is 5.69 Å². The topological polar surface area (TPSA) is 58.4 Å². The number of carbonyl (C=O) groups is 1. The number of rotatable bonds is 4. The third-order valence-corrected chi connectivity index (χ3v) is 4.03. The normalized spacial score (nSPS) is 12.3. The van der Waals surface area contributed by atoms with Crippen LogP contribution in [0.3, 0.4) is 0 Å². The maximum Gasteiger partial charge on any atom is 0.274 e. The lowest BCUT2D eigenvalue weighted by Gasteiger charge is -2.21. The number of hydrogen-bond acceptors (Lipinski definition) is 3. The van der Waals surface area contributed by atoms with Crippen LogP contribution in [0.25, 0.3) is 5.69 Å². The molecule has 1 heterocycles. The van der Waals surface area contributed by atoms with Crippen molar-refractivity contribution in [1.29, 1.82) is 0 Å². The molecule has 1 aromatic carbocycles. The maximum atomic E-state index is 12.4. The number of benzene rings is 1. The number of nitrogens with zero attached hydrogens (tertiary/aromatic N) is 3. The first kappa shape index (κ1) is 16.8. The first-order valence-corrected chi connectivity index (χ1v) is 7.51. The smallest absolute Gasteiger partial charge is 0.274 e. The van der Waals surface area contributed by atoms with E-state index < -0.39 is 0 Å². The summed E-state index contributed by atoms with van der Waals surface area (Å²) in [6, 6.07) is 6.50. The number of hydrogen-bond donors (Lipinski definition) is 1. The molecule has 0 aliphatic carbocycles. The van der Waals surface area contributed by atoms with E-state index in [0.29, 0.717) is 21.4 Å².